The van der Waals surface area contributed by atoms with E-state index in [-0.39, 0.29) is 0 Å². The first kappa shape index (κ1) is 29.0. The van der Waals surface area contributed by atoms with Crippen LogP contribution >= 0.6 is 0 Å². The molecule has 0 radical (unpaired) electrons. The van der Waals surface area contributed by atoms with E-state index in [1.807, 2.05) is 60.7 Å². The van der Waals surface area contributed by atoms with Crippen molar-refractivity contribution in [3.8, 4) is 56.4 Å². The molecule has 4 nitrogen and oxygen atoms in total. The Morgan fingerprint density at radius 3 is 1.57 bits per heavy atom. The first-order valence-corrected chi connectivity index (χ1v) is 17.1. The number of furan rings is 1. The summed E-state index contributed by atoms with van der Waals surface area (Å²) in [4.78, 5) is 14.8. The predicted molar refractivity (Wildman–Crippen MR) is 209 cm³/mol. The topological polar surface area (TPSA) is 51.8 Å². The molecule has 0 fully saturated rings. The average Bonchev–Trinajstić information content (AvgIpc) is 3.60. The highest BCUT2D eigenvalue weighted by molar-refractivity contribution is 6.27. The molecule has 0 amide bonds. The Morgan fingerprint density at radius 1 is 0.333 bits per heavy atom. The van der Waals surface area contributed by atoms with Gasteiger partial charge in [0, 0.05) is 38.4 Å². The third-order valence-electron chi connectivity index (χ3n) is 9.70. The van der Waals surface area contributed by atoms with E-state index in [4.69, 9.17) is 19.4 Å². The first-order chi connectivity index (χ1) is 25.3. The van der Waals surface area contributed by atoms with E-state index in [0.29, 0.717) is 17.5 Å². The van der Waals surface area contributed by atoms with E-state index < -0.39 is 0 Å². The van der Waals surface area contributed by atoms with E-state index in [0.717, 1.165) is 60.9 Å². The molecular formula is C47H29N3O. The Balaban J connectivity index is 1.09. The van der Waals surface area contributed by atoms with Gasteiger partial charge in [0.2, 0.25) is 0 Å². The van der Waals surface area contributed by atoms with Crippen molar-refractivity contribution in [2.75, 3.05) is 0 Å². The molecule has 8 aromatic carbocycles. The largest absolute Gasteiger partial charge is 0.455 e. The van der Waals surface area contributed by atoms with Crippen molar-refractivity contribution in [2.24, 2.45) is 0 Å². The van der Waals surface area contributed by atoms with Crippen molar-refractivity contribution in [2.45, 2.75) is 0 Å². The van der Waals surface area contributed by atoms with E-state index in [1.54, 1.807) is 0 Å². The molecule has 2 aromatic heterocycles. The van der Waals surface area contributed by atoms with Gasteiger partial charge in [-0.3, -0.25) is 0 Å². The van der Waals surface area contributed by atoms with Crippen molar-refractivity contribution in [1.29, 1.82) is 0 Å². The van der Waals surface area contributed by atoms with Gasteiger partial charge in [-0.15, -0.1) is 0 Å². The summed E-state index contributed by atoms with van der Waals surface area (Å²) in [7, 11) is 0. The minimum absolute atomic E-state index is 0.632. The third kappa shape index (κ3) is 5.04. The van der Waals surface area contributed by atoms with E-state index in [1.165, 1.54) is 21.5 Å². The van der Waals surface area contributed by atoms with Crippen LogP contribution in [-0.4, -0.2) is 15.0 Å². The molecule has 4 heteroatoms. The number of rotatable bonds is 5. The minimum atomic E-state index is 0.632. The molecule has 51 heavy (non-hydrogen) atoms. The zero-order valence-corrected chi connectivity index (χ0v) is 27.5. The fourth-order valence-electron chi connectivity index (χ4n) is 7.25. The van der Waals surface area contributed by atoms with Crippen LogP contribution in [-0.2, 0) is 0 Å². The van der Waals surface area contributed by atoms with Crippen LogP contribution in [0.5, 0.6) is 0 Å². The second kappa shape index (κ2) is 11.9. The number of hydrogen-bond donors (Lipinski definition) is 0. The van der Waals surface area contributed by atoms with Gasteiger partial charge in [-0.2, -0.15) is 0 Å². The van der Waals surface area contributed by atoms with Crippen molar-refractivity contribution in [3.63, 3.8) is 0 Å². The maximum absolute atomic E-state index is 6.69. The highest BCUT2D eigenvalue weighted by atomic mass is 16.3. The van der Waals surface area contributed by atoms with E-state index in [9.17, 15) is 0 Å². The second-order valence-electron chi connectivity index (χ2n) is 12.8. The van der Waals surface area contributed by atoms with Gasteiger partial charge in [0.25, 0.3) is 0 Å². The molecule has 0 saturated carbocycles. The molecule has 238 valence electrons. The number of fused-ring (bicyclic) bond motifs is 7. The van der Waals surface area contributed by atoms with Gasteiger partial charge in [-0.25, -0.2) is 15.0 Å². The van der Waals surface area contributed by atoms with Gasteiger partial charge < -0.3 is 4.42 Å². The van der Waals surface area contributed by atoms with Crippen LogP contribution in [0.3, 0.4) is 0 Å². The monoisotopic (exact) mass is 651 g/mol. The lowest BCUT2D eigenvalue weighted by Crippen LogP contribution is -2.00. The molecule has 0 aliphatic carbocycles. The molecule has 0 aliphatic heterocycles. The fraction of sp³-hybridized carbons (Fsp3) is 0. The Hall–Kier alpha value is -6.91. The number of benzene rings is 8. The van der Waals surface area contributed by atoms with E-state index >= 15 is 0 Å². The lowest BCUT2D eigenvalue weighted by molar-refractivity contribution is 0.670. The van der Waals surface area contributed by atoms with Crippen molar-refractivity contribution in [3.05, 3.63) is 176 Å². The van der Waals surface area contributed by atoms with Gasteiger partial charge >= 0.3 is 0 Å². The molecule has 0 saturated heterocycles. The standard InChI is InChI=1S/C47H29N3O/c1-3-13-32(14-4-1)45-48-46(33-15-5-2-6-16-33)50-47(49-45)37-20-10-18-35(29-37)34-17-9-19-36(28-34)39-22-11-23-40-43-41(51-44(39)40)27-26-31-25-24-30-12-7-8-21-38(30)42(31)43/h1-29H. The normalized spacial score (nSPS) is 11.5. The summed E-state index contributed by atoms with van der Waals surface area (Å²) < 4.78 is 6.69. The summed E-state index contributed by atoms with van der Waals surface area (Å²) in [6.45, 7) is 0. The summed E-state index contributed by atoms with van der Waals surface area (Å²) in [5.74, 6) is 1.92. The Bertz CT molecular complexity index is 2860. The van der Waals surface area contributed by atoms with Gasteiger partial charge in [0.1, 0.15) is 11.2 Å². The van der Waals surface area contributed by atoms with Crippen LogP contribution in [0.2, 0.25) is 0 Å². The third-order valence-corrected chi connectivity index (χ3v) is 9.70. The number of nitrogens with zero attached hydrogens (tertiary/aromatic N) is 3. The maximum Gasteiger partial charge on any atom is 0.164 e. The molecule has 10 rings (SSSR count). The van der Waals surface area contributed by atoms with Gasteiger partial charge in [0.15, 0.2) is 17.5 Å². The number of para-hydroxylation sites is 1. The molecule has 10 aromatic rings. The van der Waals surface area contributed by atoms with Crippen LogP contribution in [0.4, 0.5) is 0 Å². The molecule has 0 bridgehead atoms. The molecule has 0 N–H and O–H groups in total. The molecule has 0 aliphatic rings. The van der Waals surface area contributed by atoms with Crippen LogP contribution < -0.4 is 0 Å². The fourth-order valence-corrected chi connectivity index (χ4v) is 7.25. The first-order valence-electron chi connectivity index (χ1n) is 17.1. The van der Waals surface area contributed by atoms with Gasteiger partial charge in [-0.05, 0) is 51.0 Å². The Labute approximate surface area is 294 Å². The van der Waals surface area contributed by atoms with Crippen molar-refractivity contribution >= 4 is 43.5 Å². The summed E-state index contributed by atoms with van der Waals surface area (Å²) in [6.07, 6.45) is 0. The quantitative estimate of drug-likeness (QED) is 0.174. The Kier molecular flexibility index (Phi) is 6.78. The molecular weight excluding hydrogens is 623 g/mol. The van der Waals surface area contributed by atoms with Crippen LogP contribution in [0.25, 0.3) is 99.9 Å². The van der Waals surface area contributed by atoms with Gasteiger partial charge in [0.05, 0.1) is 0 Å². The second-order valence-corrected chi connectivity index (χ2v) is 12.8. The van der Waals surface area contributed by atoms with Crippen molar-refractivity contribution < 1.29 is 4.42 Å². The summed E-state index contributed by atoms with van der Waals surface area (Å²) in [5.41, 5.74) is 8.94. The van der Waals surface area contributed by atoms with Gasteiger partial charge in [-0.1, -0.05) is 158 Å². The zero-order valence-electron chi connectivity index (χ0n) is 27.5. The number of hydrogen-bond acceptors (Lipinski definition) is 4. The predicted octanol–water partition coefficient (Wildman–Crippen LogP) is 12.4. The summed E-state index contributed by atoms with van der Waals surface area (Å²) in [5, 5.41) is 7.18. The van der Waals surface area contributed by atoms with Crippen LogP contribution in [0.15, 0.2) is 180 Å². The highest BCUT2D eigenvalue weighted by Crippen LogP contribution is 2.42. The Morgan fingerprint density at radius 2 is 0.843 bits per heavy atom. The lowest BCUT2D eigenvalue weighted by Gasteiger charge is -2.10. The lowest BCUT2D eigenvalue weighted by atomic mass is 9.95. The average molecular weight is 652 g/mol. The van der Waals surface area contributed by atoms with Crippen LogP contribution in [0, 0.1) is 0 Å². The summed E-state index contributed by atoms with van der Waals surface area (Å²) in [6, 6.07) is 61.0. The number of aromatic nitrogens is 3. The molecule has 0 spiro atoms. The van der Waals surface area contributed by atoms with Crippen LogP contribution in [0.1, 0.15) is 0 Å². The van der Waals surface area contributed by atoms with E-state index in [2.05, 4.69) is 115 Å². The maximum atomic E-state index is 6.69. The molecule has 0 unspecified atom stereocenters. The SMILES string of the molecule is c1ccc(-c2nc(-c3ccccc3)nc(-c3cccc(-c4cccc(-c5cccc6c5oc5ccc7ccc8ccccc8c7c56)c4)c3)n2)cc1. The van der Waals surface area contributed by atoms with Crippen molar-refractivity contribution in [1.82, 2.24) is 15.0 Å². The summed E-state index contributed by atoms with van der Waals surface area (Å²) >= 11 is 0. The smallest absolute Gasteiger partial charge is 0.164 e. The highest BCUT2D eigenvalue weighted by Gasteiger charge is 2.17. The molecule has 2 heterocycles. The minimum Gasteiger partial charge on any atom is -0.455 e. The molecule has 0 atom stereocenters. The zero-order chi connectivity index (χ0) is 33.7.